The van der Waals surface area contributed by atoms with Crippen molar-refractivity contribution in [2.24, 2.45) is 18.0 Å². The molecule has 0 spiro atoms. The third kappa shape index (κ3) is 2.99. The van der Waals surface area contributed by atoms with E-state index in [1.54, 1.807) is 17.7 Å². The molecule has 0 radical (unpaired) electrons. The van der Waals surface area contributed by atoms with Crippen molar-refractivity contribution in [3.05, 3.63) is 23.0 Å². The molecule has 0 saturated carbocycles. The quantitative estimate of drug-likeness (QED) is 0.261. The molecule has 6 nitrogen and oxygen atoms in total. The van der Waals surface area contributed by atoms with Gasteiger partial charge in [0.1, 0.15) is 10.1 Å². The van der Waals surface area contributed by atoms with Crippen LogP contribution in [0, 0.1) is 0 Å². The Morgan fingerprint density at radius 3 is 2.65 bits per heavy atom. The Bertz CT molecular complexity index is 717. The van der Waals surface area contributed by atoms with E-state index in [1.807, 2.05) is 0 Å². The van der Waals surface area contributed by atoms with Crippen LogP contribution in [0.1, 0.15) is 0 Å². The molecule has 0 unspecified atom stereocenters. The van der Waals surface area contributed by atoms with E-state index in [4.69, 9.17) is 5.84 Å². The first-order valence-electron chi connectivity index (χ1n) is 4.23. The van der Waals surface area contributed by atoms with Gasteiger partial charge in [0.05, 0.1) is 15.1 Å². The van der Waals surface area contributed by atoms with Crippen LogP contribution in [-0.2, 0) is 17.2 Å². The summed E-state index contributed by atoms with van der Waals surface area (Å²) in [5.74, 6) is 5.17. The number of rotatable bonds is 1. The standard InChI is InChI=1S/C8H9N3O3S2.K/c1-11-6-4-5(16(12,13)14)2-3-7(6)15-8(11)10-9;/h2-4H,9H2,1H3,(H,12,13,14);/q;+1/p-1. The van der Waals surface area contributed by atoms with E-state index in [2.05, 4.69) is 5.10 Å². The molecule has 1 heterocycles. The van der Waals surface area contributed by atoms with Gasteiger partial charge in [0.2, 0.25) is 4.80 Å². The zero-order valence-corrected chi connectivity index (χ0v) is 14.0. The number of hydrogen-bond donors (Lipinski definition) is 1. The molecule has 1 aromatic heterocycles. The molecule has 0 fully saturated rings. The number of hydrogen-bond acceptors (Lipinski definition) is 6. The van der Waals surface area contributed by atoms with Gasteiger partial charge in [-0.3, -0.25) is 0 Å². The molecule has 0 aliphatic carbocycles. The van der Waals surface area contributed by atoms with E-state index in [0.29, 0.717) is 10.3 Å². The summed E-state index contributed by atoms with van der Waals surface area (Å²) < 4.78 is 35.0. The predicted octanol–water partition coefficient (Wildman–Crippen LogP) is -3.08. The molecular weight excluding hydrogens is 289 g/mol. The first-order chi connectivity index (χ1) is 7.43. The van der Waals surface area contributed by atoms with E-state index in [9.17, 15) is 13.0 Å². The minimum Gasteiger partial charge on any atom is -0.744 e. The molecule has 0 saturated heterocycles. The topological polar surface area (TPSA) is 101 Å². The zero-order chi connectivity index (χ0) is 11.9. The molecule has 2 aromatic rings. The zero-order valence-electron chi connectivity index (χ0n) is 9.25. The molecule has 0 aliphatic rings. The molecule has 9 heteroatoms. The predicted molar refractivity (Wildman–Crippen MR) is 58.5 cm³/mol. The van der Waals surface area contributed by atoms with Crippen LogP contribution in [0.3, 0.4) is 0 Å². The van der Waals surface area contributed by atoms with Gasteiger partial charge in [-0.05, 0) is 18.2 Å². The summed E-state index contributed by atoms with van der Waals surface area (Å²) in [6.07, 6.45) is 0. The Hall–Kier alpha value is 0.256. The fraction of sp³-hybridized carbons (Fsp3) is 0.125. The van der Waals surface area contributed by atoms with E-state index in [-0.39, 0.29) is 56.3 Å². The minimum atomic E-state index is -4.43. The Balaban J connectivity index is 0.00000144. The van der Waals surface area contributed by atoms with Crippen molar-refractivity contribution < 1.29 is 64.4 Å². The number of aromatic nitrogens is 1. The Kier molecular flexibility index (Phi) is 4.94. The molecule has 86 valence electrons. The second-order valence-electron chi connectivity index (χ2n) is 3.16. The third-order valence-electron chi connectivity index (χ3n) is 2.18. The van der Waals surface area contributed by atoms with Gasteiger partial charge in [-0.1, -0.05) is 11.3 Å². The van der Waals surface area contributed by atoms with Gasteiger partial charge < -0.3 is 15.0 Å². The second-order valence-corrected chi connectivity index (χ2v) is 5.55. The first kappa shape index (κ1) is 15.3. The largest absolute Gasteiger partial charge is 1.00 e. The summed E-state index contributed by atoms with van der Waals surface area (Å²) in [6.45, 7) is 0. The number of thiazole rings is 1. The molecule has 17 heavy (non-hydrogen) atoms. The van der Waals surface area contributed by atoms with Crippen molar-refractivity contribution in [2.75, 3.05) is 0 Å². The van der Waals surface area contributed by atoms with Gasteiger partial charge in [-0.25, -0.2) is 8.42 Å². The number of nitrogens with two attached hydrogens (primary N) is 1. The SMILES string of the molecule is Cn1c(=NN)sc2ccc(S(=O)(=O)[O-])cc21.[K+]. The van der Waals surface area contributed by atoms with Gasteiger partial charge in [-0.15, -0.1) is 0 Å². The monoisotopic (exact) mass is 297 g/mol. The number of benzene rings is 1. The second kappa shape index (κ2) is 5.49. The molecule has 1 aromatic carbocycles. The maximum Gasteiger partial charge on any atom is 1.00 e. The summed E-state index contributed by atoms with van der Waals surface area (Å²) in [5, 5.41) is 3.55. The first-order valence-corrected chi connectivity index (χ1v) is 6.45. The molecule has 0 aliphatic heterocycles. The third-order valence-corrected chi connectivity index (χ3v) is 4.14. The van der Waals surface area contributed by atoms with Gasteiger partial charge in [0, 0.05) is 7.05 Å². The maximum absolute atomic E-state index is 10.9. The normalized spacial score (nSPS) is 12.7. The van der Waals surface area contributed by atoms with Crippen molar-refractivity contribution in [2.45, 2.75) is 4.90 Å². The van der Waals surface area contributed by atoms with E-state index >= 15 is 0 Å². The van der Waals surface area contributed by atoms with Crippen LogP contribution < -0.4 is 62.0 Å². The average Bonchev–Trinajstić information content (AvgIpc) is 2.54. The van der Waals surface area contributed by atoms with E-state index in [1.165, 1.54) is 23.5 Å². The number of nitrogens with zero attached hydrogens (tertiary/aromatic N) is 2. The van der Waals surface area contributed by atoms with Crippen LogP contribution in [0.15, 0.2) is 28.2 Å². The molecule has 0 amide bonds. The Morgan fingerprint density at radius 2 is 2.12 bits per heavy atom. The smallest absolute Gasteiger partial charge is 0.744 e. The van der Waals surface area contributed by atoms with Gasteiger partial charge in [-0.2, -0.15) is 5.10 Å². The fourth-order valence-corrected chi connectivity index (χ4v) is 2.80. The minimum absolute atomic E-state index is 0. The van der Waals surface area contributed by atoms with Crippen molar-refractivity contribution in [1.29, 1.82) is 0 Å². The van der Waals surface area contributed by atoms with E-state index < -0.39 is 10.1 Å². The van der Waals surface area contributed by atoms with Gasteiger partial charge in [0.25, 0.3) is 0 Å². The summed E-state index contributed by atoms with van der Waals surface area (Å²) in [6, 6.07) is 4.17. The summed E-state index contributed by atoms with van der Waals surface area (Å²) >= 11 is 1.32. The van der Waals surface area contributed by atoms with Crippen LogP contribution in [0.5, 0.6) is 0 Å². The van der Waals surface area contributed by atoms with Crippen molar-refractivity contribution in [3.8, 4) is 0 Å². The van der Waals surface area contributed by atoms with Gasteiger partial charge >= 0.3 is 51.4 Å². The van der Waals surface area contributed by atoms with Crippen LogP contribution >= 0.6 is 11.3 Å². The summed E-state index contributed by atoms with van der Waals surface area (Å²) in [4.78, 5) is 0.299. The Morgan fingerprint density at radius 1 is 1.47 bits per heavy atom. The van der Waals surface area contributed by atoms with Crippen molar-refractivity contribution in [1.82, 2.24) is 4.57 Å². The van der Waals surface area contributed by atoms with Crippen LogP contribution in [0.2, 0.25) is 0 Å². The number of fused-ring (bicyclic) bond motifs is 1. The van der Waals surface area contributed by atoms with Crippen LogP contribution in [0.25, 0.3) is 10.2 Å². The molecule has 2 rings (SSSR count). The van der Waals surface area contributed by atoms with Crippen molar-refractivity contribution >= 4 is 31.7 Å². The fourth-order valence-electron chi connectivity index (χ4n) is 1.38. The summed E-state index contributed by atoms with van der Waals surface area (Å²) in [7, 11) is -2.73. The van der Waals surface area contributed by atoms with Crippen LogP contribution in [0.4, 0.5) is 0 Å². The number of aryl methyl sites for hydroxylation is 1. The van der Waals surface area contributed by atoms with Crippen molar-refractivity contribution in [3.63, 3.8) is 0 Å². The van der Waals surface area contributed by atoms with E-state index in [0.717, 1.165) is 4.70 Å². The molecule has 0 atom stereocenters. The molecule has 0 bridgehead atoms. The van der Waals surface area contributed by atoms with Gasteiger partial charge in [0.15, 0.2) is 0 Å². The summed E-state index contributed by atoms with van der Waals surface area (Å²) in [5.41, 5.74) is 0.617. The molecule has 2 N–H and O–H groups in total. The molecular formula is C8H8KN3O3S2. The Labute approximate surface area is 144 Å². The van der Waals surface area contributed by atoms with Crippen LogP contribution in [-0.4, -0.2) is 17.5 Å². The average molecular weight is 297 g/mol. The maximum atomic E-state index is 10.9.